The fourth-order valence-corrected chi connectivity index (χ4v) is 1.78. The van der Waals surface area contributed by atoms with Gasteiger partial charge < -0.3 is 9.64 Å². The van der Waals surface area contributed by atoms with Gasteiger partial charge in [-0.3, -0.25) is 9.59 Å². The number of rotatable bonds is 7. The van der Waals surface area contributed by atoms with E-state index in [0.29, 0.717) is 12.1 Å². The van der Waals surface area contributed by atoms with E-state index in [1.807, 2.05) is 6.92 Å². The summed E-state index contributed by atoms with van der Waals surface area (Å²) < 4.78 is 17.9. The Labute approximate surface area is 124 Å². The van der Waals surface area contributed by atoms with E-state index in [1.54, 1.807) is 19.1 Å². The molecular weight excluding hydrogens is 273 g/mol. The van der Waals surface area contributed by atoms with Gasteiger partial charge in [0.05, 0.1) is 6.61 Å². The van der Waals surface area contributed by atoms with E-state index in [1.165, 1.54) is 29.2 Å². The Morgan fingerprint density at radius 2 is 2.10 bits per heavy atom. The molecule has 1 aromatic carbocycles. The van der Waals surface area contributed by atoms with Crippen LogP contribution in [0.2, 0.25) is 0 Å². The predicted molar refractivity (Wildman–Crippen MR) is 78.9 cm³/mol. The summed E-state index contributed by atoms with van der Waals surface area (Å²) in [5.74, 6) is -1.09. The Morgan fingerprint density at radius 3 is 2.71 bits per heavy atom. The van der Waals surface area contributed by atoms with Crippen molar-refractivity contribution in [3.05, 3.63) is 41.7 Å². The average Bonchev–Trinajstić information content (AvgIpc) is 2.44. The van der Waals surface area contributed by atoms with Gasteiger partial charge in [0.1, 0.15) is 12.4 Å². The zero-order chi connectivity index (χ0) is 15.7. The van der Waals surface area contributed by atoms with Crippen LogP contribution in [0, 0.1) is 5.82 Å². The summed E-state index contributed by atoms with van der Waals surface area (Å²) in [6, 6.07) is 5.94. The summed E-state index contributed by atoms with van der Waals surface area (Å²) in [6.07, 6.45) is 3.60. The maximum atomic E-state index is 13.0. The number of benzene rings is 1. The first-order valence-corrected chi connectivity index (χ1v) is 6.95. The summed E-state index contributed by atoms with van der Waals surface area (Å²) in [7, 11) is 0. The molecular formula is C16H20FNO3. The molecule has 0 heterocycles. The van der Waals surface area contributed by atoms with Crippen molar-refractivity contribution in [1.29, 1.82) is 0 Å². The Kier molecular flexibility index (Phi) is 7.15. The van der Waals surface area contributed by atoms with Crippen LogP contribution in [0.4, 0.5) is 4.39 Å². The van der Waals surface area contributed by atoms with Crippen molar-refractivity contribution in [1.82, 2.24) is 4.90 Å². The minimum atomic E-state index is -0.432. The van der Waals surface area contributed by atoms with Gasteiger partial charge in [0.15, 0.2) is 0 Å². The van der Waals surface area contributed by atoms with Gasteiger partial charge >= 0.3 is 5.97 Å². The van der Waals surface area contributed by atoms with Crippen molar-refractivity contribution in [3.63, 3.8) is 0 Å². The Morgan fingerprint density at radius 1 is 1.33 bits per heavy atom. The monoisotopic (exact) mass is 293 g/mol. The van der Waals surface area contributed by atoms with Crippen LogP contribution in [0.5, 0.6) is 0 Å². The number of hydrogen-bond donors (Lipinski definition) is 0. The van der Waals surface area contributed by atoms with Gasteiger partial charge in [-0.1, -0.05) is 19.1 Å². The van der Waals surface area contributed by atoms with Crippen LogP contribution in [-0.4, -0.2) is 36.5 Å². The highest BCUT2D eigenvalue weighted by atomic mass is 19.1. The van der Waals surface area contributed by atoms with Crippen LogP contribution in [0.15, 0.2) is 30.3 Å². The fourth-order valence-electron chi connectivity index (χ4n) is 1.78. The summed E-state index contributed by atoms with van der Waals surface area (Å²) in [6.45, 7) is 4.31. The smallest absolute Gasteiger partial charge is 0.325 e. The molecule has 0 aliphatic carbocycles. The molecule has 0 spiro atoms. The largest absolute Gasteiger partial charge is 0.465 e. The van der Waals surface area contributed by atoms with Crippen molar-refractivity contribution in [3.8, 4) is 0 Å². The summed E-state index contributed by atoms with van der Waals surface area (Å²) >= 11 is 0. The third-order valence-electron chi connectivity index (χ3n) is 2.70. The van der Waals surface area contributed by atoms with Crippen LogP contribution in [0.1, 0.15) is 25.8 Å². The molecule has 0 saturated carbocycles. The molecule has 0 aliphatic heterocycles. The summed E-state index contributed by atoms with van der Waals surface area (Å²) in [5.41, 5.74) is 0.593. The van der Waals surface area contributed by atoms with E-state index >= 15 is 0 Å². The van der Waals surface area contributed by atoms with Gasteiger partial charge in [-0.15, -0.1) is 0 Å². The van der Waals surface area contributed by atoms with Crippen molar-refractivity contribution in [2.24, 2.45) is 0 Å². The molecule has 0 aromatic heterocycles. The number of carbonyl (C=O) groups excluding carboxylic acids is 2. The molecule has 0 saturated heterocycles. The maximum absolute atomic E-state index is 13.0. The highest BCUT2D eigenvalue weighted by Crippen LogP contribution is 2.06. The van der Waals surface area contributed by atoms with E-state index < -0.39 is 5.97 Å². The molecule has 21 heavy (non-hydrogen) atoms. The van der Waals surface area contributed by atoms with Crippen molar-refractivity contribution in [2.45, 2.75) is 20.3 Å². The lowest BCUT2D eigenvalue weighted by Crippen LogP contribution is -2.36. The third-order valence-corrected chi connectivity index (χ3v) is 2.70. The molecule has 1 rings (SSSR count). The standard InChI is InChI=1S/C16H20FNO3/c1-3-10-18(12-16(20)21-4-2)15(19)9-8-13-6-5-7-14(17)11-13/h5-9,11H,3-4,10,12H2,1-2H3/b9-8+. The molecule has 5 heteroatoms. The molecule has 114 valence electrons. The highest BCUT2D eigenvalue weighted by molar-refractivity contribution is 5.93. The van der Waals surface area contributed by atoms with Crippen LogP contribution < -0.4 is 0 Å². The van der Waals surface area contributed by atoms with Gasteiger partial charge in [-0.2, -0.15) is 0 Å². The number of hydrogen-bond acceptors (Lipinski definition) is 3. The Hall–Kier alpha value is -2.17. The first-order valence-electron chi connectivity index (χ1n) is 6.95. The van der Waals surface area contributed by atoms with E-state index in [2.05, 4.69) is 0 Å². The lowest BCUT2D eigenvalue weighted by atomic mass is 10.2. The van der Waals surface area contributed by atoms with Crippen LogP contribution in [0.3, 0.4) is 0 Å². The van der Waals surface area contributed by atoms with Gasteiger partial charge in [0.2, 0.25) is 5.91 Å². The number of amides is 1. The molecule has 0 aliphatic rings. The van der Waals surface area contributed by atoms with Crippen LogP contribution in [-0.2, 0) is 14.3 Å². The first-order chi connectivity index (χ1) is 10.1. The lowest BCUT2D eigenvalue weighted by Gasteiger charge is -2.19. The van der Waals surface area contributed by atoms with E-state index in [9.17, 15) is 14.0 Å². The second-order valence-electron chi connectivity index (χ2n) is 4.45. The number of ether oxygens (including phenoxy) is 1. The molecule has 0 N–H and O–H groups in total. The quantitative estimate of drug-likeness (QED) is 0.573. The van der Waals surface area contributed by atoms with Crippen LogP contribution in [0.25, 0.3) is 6.08 Å². The molecule has 0 fully saturated rings. The number of nitrogens with zero attached hydrogens (tertiary/aromatic N) is 1. The summed E-state index contributed by atoms with van der Waals surface area (Å²) in [4.78, 5) is 24.9. The molecule has 0 unspecified atom stereocenters. The van der Waals surface area contributed by atoms with Crippen molar-refractivity contribution >= 4 is 18.0 Å². The molecule has 1 aromatic rings. The van der Waals surface area contributed by atoms with E-state index in [-0.39, 0.29) is 24.9 Å². The maximum Gasteiger partial charge on any atom is 0.325 e. The zero-order valence-electron chi connectivity index (χ0n) is 12.3. The van der Waals surface area contributed by atoms with Gasteiger partial charge in [0.25, 0.3) is 0 Å². The molecule has 1 amide bonds. The third kappa shape index (κ3) is 6.21. The zero-order valence-corrected chi connectivity index (χ0v) is 12.3. The van der Waals surface area contributed by atoms with E-state index in [0.717, 1.165) is 6.42 Å². The lowest BCUT2D eigenvalue weighted by molar-refractivity contribution is -0.147. The minimum absolute atomic E-state index is 0.0754. The Bertz CT molecular complexity index is 514. The minimum Gasteiger partial charge on any atom is -0.465 e. The van der Waals surface area contributed by atoms with Crippen molar-refractivity contribution in [2.75, 3.05) is 19.7 Å². The SMILES string of the molecule is CCCN(CC(=O)OCC)C(=O)/C=C/c1cccc(F)c1. The molecule has 0 atom stereocenters. The summed E-state index contributed by atoms with van der Waals surface area (Å²) in [5, 5.41) is 0. The number of esters is 1. The van der Waals surface area contributed by atoms with Gasteiger partial charge in [-0.25, -0.2) is 4.39 Å². The second kappa shape index (κ2) is 8.89. The second-order valence-corrected chi connectivity index (χ2v) is 4.45. The molecule has 0 bridgehead atoms. The fraction of sp³-hybridized carbons (Fsp3) is 0.375. The molecule has 4 nitrogen and oxygen atoms in total. The predicted octanol–water partition coefficient (Wildman–Crippen LogP) is 2.64. The topological polar surface area (TPSA) is 46.6 Å². The normalized spacial score (nSPS) is 10.6. The average molecular weight is 293 g/mol. The highest BCUT2D eigenvalue weighted by Gasteiger charge is 2.14. The van der Waals surface area contributed by atoms with Gasteiger partial charge in [-0.05, 0) is 37.1 Å². The molecule has 0 radical (unpaired) electrons. The van der Waals surface area contributed by atoms with Gasteiger partial charge in [0, 0.05) is 12.6 Å². The first kappa shape index (κ1) is 16.9. The van der Waals surface area contributed by atoms with Crippen molar-refractivity contribution < 1.29 is 18.7 Å². The number of carbonyl (C=O) groups is 2. The van der Waals surface area contributed by atoms with Crippen LogP contribution >= 0.6 is 0 Å². The Balaban J connectivity index is 2.70. The van der Waals surface area contributed by atoms with E-state index in [4.69, 9.17) is 4.74 Å². The number of halogens is 1.